The molecule has 0 aromatic heterocycles. The highest BCUT2D eigenvalue weighted by Crippen LogP contribution is 2.33. The van der Waals surface area contributed by atoms with Gasteiger partial charge in [-0.1, -0.05) is 45.1 Å². The molecule has 0 bridgehead atoms. The van der Waals surface area contributed by atoms with Crippen LogP contribution in [0.3, 0.4) is 0 Å². The minimum absolute atomic E-state index is 0.0237. The quantitative estimate of drug-likeness (QED) is 0.505. The smallest absolute Gasteiger partial charge is 0.399 e. The number of benzene rings is 1. The van der Waals surface area contributed by atoms with Crippen molar-refractivity contribution >= 4 is 5.69 Å². The topological polar surface area (TPSA) is 35.2 Å². The number of hydrogen-bond acceptors (Lipinski definition) is 2. The van der Waals surface area contributed by atoms with Crippen LogP contribution in [0.15, 0.2) is 18.2 Å². The van der Waals surface area contributed by atoms with Crippen LogP contribution in [0.2, 0.25) is 0 Å². The molecular weight excluding hydrogens is 279 g/mol. The summed E-state index contributed by atoms with van der Waals surface area (Å²) in [4.78, 5) is 0. The first kappa shape index (κ1) is 17.8. The normalized spacial score (nSPS) is 11.8. The van der Waals surface area contributed by atoms with E-state index in [0.717, 1.165) is 25.3 Å². The zero-order valence-electron chi connectivity index (χ0n) is 12.5. The monoisotopic (exact) mass is 303 g/mol. The molecule has 0 aliphatic carbocycles. The summed E-state index contributed by atoms with van der Waals surface area (Å²) in [5, 5.41) is 0. The lowest BCUT2D eigenvalue weighted by Gasteiger charge is -2.13. The van der Waals surface area contributed by atoms with Gasteiger partial charge < -0.3 is 10.5 Å². The fraction of sp³-hybridized carbons (Fsp3) is 0.625. The number of ether oxygens (including phenoxy) is 1. The van der Waals surface area contributed by atoms with Gasteiger partial charge in [0, 0.05) is 12.3 Å². The van der Waals surface area contributed by atoms with Crippen molar-refractivity contribution in [3.05, 3.63) is 29.3 Å². The van der Waals surface area contributed by atoms with E-state index < -0.39 is 11.7 Å². The maximum absolute atomic E-state index is 12.9. The van der Waals surface area contributed by atoms with Crippen LogP contribution in [-0.2, 0) is 17.5 Å². The van der Waals surface area contributed by atoms with Gasteiger partial charge in [0.15, 0.2) is 0 Å². The molecule has 0 heterocycles. The molecule has 0 saturated carbocycles. The molecule has 0 radical (unpaired) electrons. The third-order valence-corrected chi connectivity index (χ3v) is 3.34. The molecule has 120 valence electrons. The molecule has 1 aromatic carbocycles. The van der Waals surface area contributed by atoms with E-state index in [-0.39, 0.29) is 17.9 Å². The van der Waals surface area contributed by atoms with Gasteiger partial charge in [0.05, 0.1) is 12.2 Å². The van der Waals surface area contributed by atoms with E-state index in [1.165, 1.54) is 31.4 Å². The van der Waals surface area contributed by atoms with Gasteiger partial charge in [0.2, 0.25) is 0 Å². The van der Waals surface area contributed by atoms with Crippen LogP contribution in [0.5, 0.6) is 0 Å². The van der Waals surface area contributed by atoms with Gasteiger partial charge in [-0.15, -0.1) is 0 Å². The minimum atomic E-state index is -4.39. The van der Waals surface area contributed by atoms with E-state index in [9.17, 15) is 13.2 Å². The predicted octanol–water partition coefficient (Wildman–Crippen LogP) is 5.16. The molecule has 0 amide bonds. The summed E-state index contributed by atoms with van der Waals surface area (Å²) in [5.74, 6) is 0. The molecule has 2 N–H and O–H groups in total. The van der Waals surface area contributed by atoms with E-state index in [2.05, 4.69) is 6.92 Å². The van der Waals surface area contributed by atoms with Crippen LogP contribution in [0.4, 0.5) is 18.9 Å². The van der Waals surface area contributed by atoms with E-state index in [0.29, 0.717) is 6.61 Å². The molecule has 0 saturated heterocycles. The van der Waals surface area contributed by atoms with E-state index in [1.54, 1.807) is 0 Å². The van der Waals surface area contributed by atoms with Crippen molar-refractivity contribution in [2.75, 3.05) is 12.3 Å². The number of nitrogens with two attached hydrogens (primary N) is 1. The molecule has 0 unspecified atom stereocenters. The molecule has 21 heavy (non-hydrogen) atoms. The van der Waals surface area contributed by atoms with Gasteiger partial charge in [-0.05, 0) is 24.1 Å². The van der Waals surface area contributed by atoms with Crippen LogP contribution in [-0.4, -0.2) is 6.61 Å². The van der Waals surface area contributed by atoms with Crippen LogP contribution in [0.1, 0.15) is 56.6 Å². The summed E-state index contributed by atoms with van der Waals surface area (Å²) >= 11 is 0. The Morgan fingerprint density at radius 1 is 1.05 bits per heavy atom. The molecule has 0 aliphatic heterocycles. The highest BCUT2D eigenvalue weighted by atomic mass is 19.4. The van der Waals surface area contributed by atoms with Gasteiger partial charge >= 0.3 is 6.18 Å². The number of nitrogen functional groups attached to an aromatic ring is 1. The standard InChI is InChI=1S/C16H24F3NO/c1-2-3-4-5-6-7-10-21-12-13-8-9-14(20)11-15(13)16(17,18)19/h8-9,11H,2-7,10,12,20H2,1H3. The maximum Gasteiger partial charge on any atom is 0.416 e. The first-order valence-electron chi connectivity index (χ1n) is 7.48. The summed E-state index contributed by atoms with van der Waals surface area (Å²) in [6, 6.07) is 3.82. The van der Waals surface area contributed by atoms with Crippen molar-refractivity contribution in [2.45, 2.75) is 58.2 Å². The lowest BCUT2D eigenvalue weighted by molar-refractivity contribution is -0.138. The number of halogens is 3. The summed E-state index contributed by atoms with van der Waals surface area (Å²) in [7, 11) is 0. The average molecular weight is 303 g/mol. The Morgan fingerprint density at radius 3 is 2.38 bits per heavy atom. The van der Waals surface area contributed by atoms with Gasteiger partial charge in [0.1, 0.15) is 0 Å². The third-order valence-electron chi connectivity index (χ3n) is 3.34. The lowest BCUT2D eigenvalue weighted by Crippen LogP contribution is -2.11. The van der Waals surface area contributed by atoms with E-state index >= 15 is 0 Å². The number of anilines is 1. The molecule has 0 spiro atoms. The first-order valence-corrected chi connectivity index (χ1v) is 7.48. The van der Waals surface area contributed by atoms with Crippen molar-refractivity contribution in [2.24, 2.45) is 0 Å². The molecule has 1 aromatic rings. The zero-order valence-corrected chi connectivity index (χ0v) is 12.5. The summed E-state index contributed by atoms with van der Waals surface area (Å²) in [5.41, 5.74) is 4.97. The second-order valence-corrected chi connectivity index (χ2v) is 5.23. The highest BCUT2D eigenvalue weighted by molar-refractivity contribution is 5.45. The van der Waals surface area contributed by atoms with Crippen LogP contribution in [0, 0.1) is 0 Å². The highest BCUT2D eigenvalue weighted by Gasteiger charge is 2.33. The SMILES string of the molecule is CCCCCCCCOCc1ccc(N)cc1C(F)(F)F. The maximum atomic E-state index is 12.9. The third kappa shape index (κ3) is 6.85. The Bertz CT molecular complexity index is 418. The summed E-state index contributed by atoms with van der Waals surface area (Å²) in [6.07, 6.45) is 2.37. The molecule has 0 atom stereocenters. The molecule has 0 aliphatic rings. The van der Waals surface area contributed by atoms with E-state index in [4.69, 9.17) is 10.5 Å². The van der Waals surface area contributed by atoms with Gasteiger partial charge in [0.25, 0.3) is 0 Å². The summed E-state index contributed by atoms with van der Waals surface area (Å²) in [6.45, 7) is 2.63. The number of unbranched alkanes of at least 4 members (excludes halogenated alkanes) is 5. The molecule has 1 rings (SSSR count). The number of hydrogen-bond donors (Lipinski definition) is 1. The van der Waals surface area contributed by atoms with Crippen LogP contribution >= 0.6 is 0 Å². The van der Waals surface area contributed by atoms with Gasteiger partial charge in [-0.3, -0.25) is 0 Å². The zero-order chi connectivity index (χ0) is 15.7. The van der Waals surface area contributed by atoms with E-state index in [1.807, 2.05) is 0 Å². The molecule has 5 heteroatoms. The van der Waals surface area contributed by atoms with Gasteiger partial charge in [-0.2, -0.15) is 13.2 Å². The second-order valence-electron chi connectivity index (χ2n) is 5.23. The number of rotatable bonds is 9. The first-order chi connectivity index (χ1) is 9.95. The van der Waals surface area contributed by atoms with Crippen molar-refractivity contribution in [1.82, 2.24) is 0 Å². The predicted molar refractivity (Wildman–Crippen MR) is 78.9 cm³/mol. The summed E-state index contributed by atoms with van der Waals surface area (Å²) < 4.78 is 44.0. The van der Waals surface area contributed by atoms with Crippen molar-refractivity contribution in [1.29, 1.82) is 0 Å². The molecule has 0 fully saturated rings. The number of alkyl halides is 3. The minimum Gasteiger partial charge on any atom is -0.399 e. The Kier molecular flexibility index (Phi) is 7.57. The average Bonchev–Trinajstić information content (AvgIpc) is 2.42. The fourth-order valence-corrected chi connectivity index (χ4v) is 2.15. The second kappa shape index (κ2) is 8.93. The lowest BCUT2D eigenvalue weighted by atomic mass is 10.1. The van der Waals surface area contributed by atoms with Crippen LogP contribution in [0.25, 0.3) is 0 Å². The Hall–Kier alpha value is -1.23. The van der Waals surface area contributed by atoms with Crippen molar-refractivity contribution in [3.63, 3.8) is 0 Å². The van der Waals surface area contributed by atoms with Gasteiger partial charge in [-0.25, -0.2) is 0 Å². The largest absolute Gasteiger partial charge is 0.416 e. The van der Waals surface area contributed by atoms with Crippen molar-refractivity contribution < 1.29 is 17.9 Å². The van der Waals surface area contributed by atoms with Crippen molar-refractivity contribution in [3.8, 4) is 0 Å². The molecular formula is C16H24F3NO. The molecule has 2 nitrogen and oxygen atoms in total. The Labute approximate surface area is 124 Å². The Balaban J connectivity index is 2.35. The van der Waals surface area contributed by atoms with Crippen LogP contribution < -0.4 is 5.73 Å². The Morgan fingerprint density at radius 2 is 1.71 bits per heavy atom. The fourth-order valence-electron chi connectivity index (χ4n) is 2.15.